The van der Waals surface area contributed by atoms with E-state index in [0.29, 0.717) is 13.0 Å². The number of carbonyl (C=O) groups is 1. The van der Waals surface area contributed by atoms with Gasteiger partial charge in [0.1, 0.15) is 10.8 Å². The van der Waals surface area contributed by atoms with Gasteiger partial charge < -0.3 is 14.4 Å². The van der Waals surface area contributed by atoms with Gasteiger partial charge in [-0.3, -0.25) is 9.69 Å². The van der Waals surface area contributed by atoms with Crippen molar-refractivity contribution in [2.45, 2.75) is 32.6 Å². The van der Waals surface area contributed by atoms with Crippen LogP contribution in [0.5, 0.6) is 5.75 Å². The molecular formula is C24H33N3O3S. The number of aromatic nitrogens is 1. The lowest BCUT2D eigenvalue weighted by Gasteiger charge is -2.34. The molecule has 1 aromatic carbocycles. The number of benzene rings is 1. The average Bonchev–Trinajstić information content (AvgIpc) is 3.28. The first-order valence-electron chi connectivity index (χ1n) is 11.5. The Kier molecular flexibility index (Phi) is 7.94. The van der Waals surface area contributed by atoms with Gasteiger partial charge in [0.05, 0.1) is 31.9 Å². The summed E-state index contributed by atoms with van der Waals surface area (Å²) in [6, 6.07) is 7.98. The summed E-state index contributed by atoms with van der Waals surface area (Å²) in [6.45, 7) is 9.40. The van der Waals surface area contributed by atoms with E-state index in [-0.39, 0.29) is 5.91 Å². The third-order valence-electron chi connectivity index (χ3n) is 6.22. The van der Waals surface area contributed by atoms with Crippen molar-refractivity contribution < 1.29 is 14.3 Å². The minimum Gasteiger partial charge on any atom is -0.494 e. The summed E-state index contributed by atoms with van der Waals surface area (Å²) >= 11 is 1.59. The molecule has 0 N–H and O–H groups in total. The van der Waals surface area contributed by atoms with Crippen LogP contribution in [0.4, 0.5) is 0 Å². The molecule has 1 amide bonds. The molecule has 2 aliphatic heterocycles. The van der Waals surface area contributed by atoms with E-state index in [4.69, 9.17) is 14.5 Å². The molecule has 0 atom stereocenters. The number of hydrogen-bond acceptors (Lipinski definition) is 6. The molecule has 0 aliphatic carbocycles. The molecule has 2 fully saturated rings. The van der Waals surface area contributed by atoms with Crippen LogP contribution in [0.1, 0.15) is 31.9 Å². The first-order chi connectivity index (χ1) is 15.2. The van der Waals surface area contributed by atoms with E-state index in [1.54, 1.807) is 11.3 Å². The van der Waals surface area contributed by atoms with Crippen molar-refractivity contribution >= 4 is 17.2 Å². The summed E-state index contributed by atoms with van der Waals surface area (Å²) in [5.74, 6) is 1.80. The van der Waals surface area contributed by atoms with Crippen LogP contribution >= 0.6 is 11.3 Å². The van der Waals surface area contributed by atoms with Crippen molar-refractivity contribution in [2.24, 2.45) is 5.92 Å². The van der Waals surface area contributed by atoms with Crippen molar-refractivity contribution in [3.8, 4) is 16.3 Å². The molecule has 0 saturated carbocycles. The van der Waals surface area contributed by atoms with Gasteiger partial charge in [0, 0.05) is 37.1 Å². The molecule has 168 valence electrons. The van der Waals surface area contributed by atoms with E-state index in [0.717, 1.165) is 86.7 Å². The third kappa shape index (κ3) is 6.28. The zero-order valence-corrected chi connectivity index (χ0v) is 19.2. The highest BCUT2D eigenvalue weighted by atomic mass is 32.1. The van der Waals surface area contributed by atoms with Gasteiger partial charge >= 0.3 is 0 Å². The number of rotatable bonds is 8. The Morgan fingerprint density at radius 1 is 1.16 bits per heavy atom. The second-order valence-corrected chi connectivity index (χ2v) is 9.20. The molecule has 4 rings (SSSR count). The van der Waals surface area contributed by atoms with E-state index in [9.17, 15) is 4.79 Å². The predicted molar refractivity (Wildman–Crippen MR) is 124 cm³/mol. The highest BCUT2D eigenvalue weighted by molar-refractivity contribution is 7.13. The molecule has 31 heavy (non-hydrogen) atoms. The van der Waals surface area contributed by atoms with Gasteiger partial charge in [-0.2, -0.15) is 0 Å². The molecule has 1 aromatic heterocycles. The maximum atomic E-state index is 12.8. The Bertz CT molecular complexity index is 825. The lowest BCUT2D eigenvalue weighted by atomic mass is 9.93. The molecule has 2 aliphatic rings. The normalized spacial score (nSPS) is 18.3. The van der Waals surface area contributed by atoms with Crippen LogP contribution < -0.4 is 4.74 Å². The van der Waals surface area contributed by atoms with Crippen LogP contribution in [-0.2, 0) is 16.0 Å². The molecular weight excluding hydrogens is 410 g/mol. The molecule has 7 heteroatoms. The molecule has 0 unspecified atom stereocenters. The largest absolute Gasteiger partial charge is 0.494 e. The number of nitrogens with zero attached hydrogens (tertiary/aromatic N) is 3. The SMILES string of the molecule is CCOc1ccc(-c2nc(CC(=O)N3CCC(CCN4CCOCC4)CC3)cs2)cc1. The minimum atomic E-state index is 0.204. The van der Waals surface area contributed by atoms with Crippen LogP contribution in [0.2, 0.25) is 0 Å². The van der Waals surface area contributed by atoms with Gasteiger partial charge in [-0.05, 0) is 62.9 Å². The number of piperidine rings is 1. The lowest BCUT2D eigenvalue weighted by Crippen LogP contribution is -2.41. The van der Waals surface area contributed by atoms with Gasteiger partial charge in [0.2, 0.25) is 5.91 Å². The summed E-state index contributed by atoms with van der Waals surface area (Å²) in [6.07, 6.45) is 3.86. The Morgan fingerprint density at radius 2 is 1.90 bits per heavy atom. The lowest BCUT2D eigenvalue weighted by molar-refractivity contribution is -0.131. The fourth-order valence-corrected chi connectivity index (χ4v) is 5.13. The Hall–Kier alpha value is -1.96. The number of morpholine rings is 1. The summed E-state index contributed by atoms with van der Waals surface area (Å²) in [5, 5.41) is 2.96. The molecule has 0 bridgehead atoms. The summed E-state index contributed by atoms with van der Waals surface area (Å²) in [4.78, 5) is 22.0. The third-order valence-corrected chi connectivity index (χ3v) is 7.16. The van der Waals surface area contributed by atoms with Gasteiger partial charge in [-0.1, -0.05) is 0 Å². The summed E-state index contributed by atoms with van der Waals surface area (Å²) < 4.78 is 10.9. The highest BCUT2D eigenvalue weighted by Gasteiger charge is 2.24. The Labute approximate surface area is 189 Å². The zero-order chi connectivity index (χ0) is 21.5. The number of amides is 1. The van der Waals surface area contributed by atoms with Crippen LogP contribution in [0.25, 0.3) is 10.6 Å². The Morgan fingerprint density at radius 3 is 2.61 bits per heavy atom. The van der Waals surface area contributed by atoms with Gasteiger partial charge in [0.15, 0.2) is 0 Å². The molecule has 2 saturated heterocycles. The van der Waals surface area contributed by atoms with E-state index in [1.165, 1.54) is 6.42 Å². The van der Waals surface area contributed by atoms with Crippen LogP contribution in [-0.4, -0.2) is 73.2 Å². The van der Waals surface area contributed by atoms with Gasteiger partial charge in [-0.25, -0.2) is 4.98 Å². The number of carbonyl (C=O) groups excluding carboxylic acids is 1. The van der Waals surface area contributed by atoms with E-state index in [1.807, 2.05) is 41.5 Å². The molecule has 6 nitrogen and oxygen atoms in total. The molecule has 0 spiro atoms. The zero-order valence-electron chi connectivity index (χ0n) is 18.4. The smallest absolute Gasteiger partial charge is 0.228 e. The first-order valence-corrected chi connectivity index (χ1v) is 12.3. The van der Waals surface area contributed by atoms with Crippen LogP contribution in [0.15, 0.2) is 29.6 Å². The fraction of sp³-hybridized carbons (Fsp3) is 0.583. The maximum absolute atomic E-state index is 12.8. The van der Waals surface area contributed by atoms with Crippen molar-refractivity contribution in [2.75, 3.05) is 52.5 Å². The molecule has 3 heterocycles. The van der Waals surface area contributed by atoms with Crippen molar-refractivity contribution in [3.63, 3.8) is 0 Å². The van der Waals surface area contributed by atoms with Crippen LogP contribution in [0, 0.1) is 5.92 Å². The fourth-order valence-electron chi connectivity index (χ4n) is 4.31. The monoisotopic (exact) mass is 443 g/mol. The Balaban J connectivity index is 1.22. The standard InChI is InChI=1S/C24H33N3O3S/c1-2-30-22-5-3-20(4-6-22)24-25-21(18-31-24)17-23(28)27-11-8-19(9-12-27)7-10-26-13-15-29-16-14-26/h3-6,18-19H,2,7-17H2,1H3. The topological polar surface area (TPSA) is 54.9 Å². The van der Waals surface area contributed by atoms with Crippen molar-refractivity contribution in [1.82, 2.24) is 14.8 Å². The summed E-state index contributed by atoms with van der Waals surface area (Å²) in [5.41, 5.74) is 1.93. The highest BCUT2D eigenvalue weighted by Crippen LogP contribution is 2.27. The first kappa shape index (κ1) is 22.2. The molecule has 0 radical (unpaired) electrons. The minimum absolute atomic E-state index is 0.204. The number of hydrogen-bond donors (Lipinski definition) is 0. The van der Waals surface area contributed by atoms with Gasteiger partial charge in [0.25, 0.3) is 0 Å². The number of ether oxygens (including phenoxy) is 2. The van der Waals surface area contributed by atoms with E-state index in [2.05, 4.69) is 4.90 Å². The van der Waals surface area contributed by atoms with Crippen LogP contribution in [0.3, 0.4) is 0 Å². The van der Waals surface area contributed by atoms with Crippen molar-refractivity contribution in [1.29, 1.82) is 0 Å². The maximum Gasteiger partial charge on any atom is 0.228 e. The summed E-state index contributed by atoms with van der Waals surface area (Å²) in [7, 11) is 0. The van der Waals surface area contributed by atoms with E-state index < -0.39 is 0 Å². The quantitative estimate of drug-likeness (QED) is 0.623. The van der Waals surface area contributed by atoms with E-state index >= 15 is 0 Å². The number of likely N-dealkylation sites (tertiary alicyclic amines) is 1. The number of thiazole rings is 1. The second-order valence-electron chi connectivity index (χ2n) is 8.35. The second kappa shape index (κ2) is 11.1. The average molecular weight is 444 g/mol. The van der Waals surface area contributed by atoms with Crippen molar-refractivity contribution in [3.05, 3.63) is 35.3 Å². The van der Waals surface area contributed by atoms with Gasteiger partial charge in [-0.15, -0.1) is 11.3 Å². The molecule has 2 aromatic rings. The predicted octanol–water partition coefficient (Wildman–Crippen LogP) is 3.71.